The first kappa shape index (κ1) is 19.0. The van der Waals surface area contributed by atoms with Crippen LogP contribution in [0.3, 0.4) is 0 Å². The normalized spacial score (nSPS) is 15.0. The summed E-state index contributed by atoms with van der Waals surface area (Å²) < 4.78 is 2.43. The second-order valence-electron chi connectivity index (χ2n) is 7.85. The average molecular weight is 355 g/mol. The molecule has 2 aromatic rings. The van der Waals surface area contributed by atoms with E-state index in [0.29, 0.717) is 12.5 Å². The maximum atomic E-state index is 12.4. The van der Waals surface area contributed by atoms with Gasteiger partial charge in [-0.2, -0.15) is 0 Å². The molecule has 142 valence electrons. The lowest BCUT2D eigenvalue weighted by Crippen LogP contribution is -2.33. The second-order valence-corrected chi connectivity index (χ2v) is 7.85. The Bertz CT molecular complexity index is 753. The quantitative estimate of drug-likeness (QED) is 0.685. The molecule has 1 aromatic carbocycles. The summed E-state index contributed by atoms with van der Waals surface area (Å²) in [4.78, 5) is 12.4. The molecule has 0 saturated heterocycles. The van der Waals surface area contributed by atoms with E-state index in [4.69, 9.17) is 0 Å². The summed E-state index contributed by atoms with van der Waals surface area (Å²) >= 11 is 0. The third-order valence-corrected chi connectivity index (χ3v) is 5.85. The number of amides is 1. The van der Waals surface area contributed by atoms with Crippen molar-refractivity contribution in [3.63, 3.8) is 0 Å². The standard InChI is InChI=1S/C23H34N2O/c1-4-6-11-21-19(5-2)20-16-17(3)12-13-22(20)25(21)15-14-23(26)24-18-9-7-8-10-18/h12-13,16,18H,4-11,14-15H2,1-3H3,(H,24,26). The molecule has 0 spiro atoms. The van der Waals surface area contributed by atoms with Crippen LogP contribution < -0.4 is 5.32 Å². The molecule has 1 amide bonds. The summed E-state index contributed by atoms with van der Waals surface area (Å²) in [5, 5.41) is 4.62. The number of nitrogens with zero attached hydrogens (tertiary/aromatic N) is 1. The van der Waals surface area contributed by atoms with Crippen molar-refractivity contribution >= 4 is 16.8 Å². The summed E-state index contributed by atoms with van der Waals surface area (Å²) in [5.41, 5.74) is 5.54. The van der Waals surface area contributed by atoms with Gasteiger partial charge in [-0.25, -0.2) is 0 Å². The number of hydrogen-bond acceptors (Lipinski definition) is 1. The number of aromatic nitrogens is 1. The highest BCUT2D eigenvalue weighted by Gasteiger charge is 2.19. The highest BCUT2D eigenvalue weighted by molar-refractivity contribution is 5.86. The summed E-state index contributed by atoms with van der Waals surface area (Å²) in [6.07, 6.45) is 9.97. The predicted molar refractivity (Wildman–Crippen MR) is 110 cm³/mol. The zero-order valence-electron chi connectivity index (χ0n) is 16.7. The number of nitrogens with one attached hydrogen (secondary N) is 1. The molecule has 1 heterocycles. The van der Waals surface area contributed by atoms with Gasteiger partial charge in [0.05, 0.1) is 0 Å². The van der Waals surface area contributed by atoms with Gasteiger partial charge in [0.1, 0.15) is 0 Å². The van der Waals surface area contributed by atoms with Gasteiger partial charge in [-0.1, -0.05) is 44.7 Å². The Hall–Kier alpha value is -1.77. The van der Waals surface area contributed by atoms with Gasteiger partial charge in [0.2, 0.25) is 5.91 Å². The van der Waals surface area contributed by atoms with Crippen LogP contribution in [0.15, 0.2) is 18.2 Å². The summed E-state index contributed by atoms with van der Waals surface area (Å²) in [6, 6.07) is 7.17. The predicted octanol–water partition coefficient (Wildman–Crippen LogP) is 5.30. The maximum absolute atomic E-state index is 12.4. The van der Waals surface area contributed by atoms with E-state index >= 15 is 0 Å². The van der Waals surface area contributed by atoms with Crippen molar-refractivity contribution in [1.29, 1.82) is 0 Å². The SMILES string of the molecule is CCCCc1c(CC)c2cc(C)ccc2n1CCC(=O)NC1CCCC1. The van der Waals surface area contributed by atoms with Crippen LogP contribution in [0, 0.1) is 6.92 Å². The minimum absolute atomic E-state index is 0.213. The van der Waals surface area contributed by atoms with E-state index in [0.717, 1.165) is 32.2 Å². The summed E-state index contributed by atoms with van der Waals surface area (Å²) in [7, 11) is 0. The van der Waals surface area contributed by atoms with E-state index in [2.05, 4.69) is 48.9 Å². The largest absolute Gasteiger partial charge is 0.353 e. The van der Waals surface area contributed by atoms with Crippen molar-refractivity contribution in [2.24, 2.45) is 0 Å². The summed E-state index contributed by atoms with van der Waals surface area (Å²) in [6.45, 7) is 7.45. The first-order valence-corrected chi connectivity index (χ1v) is 10.5. The highest BCUT2D eigenvalue weighted by atomic mass is 16.1. The minimum Gasteiger partial charge on any atom is -0.353 e. The summed E-state index contributed by atoms with van der Waals surface area (Å²) in [5.74, 6) is 0.213. The van der Waals surface area contributed by atoms with Crippen LogP contribution in [0.25, 0.3) is 10.9 Å². The monoisotopic (exact) mass is 354 g/mol. The zero-order valence-corrected chi connectivity index (χ0v) is 16.7. The Morgan fingerprint density at radius 2 is 2.00 bits per heavy atom. The first-order valence-electron chi connectivity index (χ1n) is 10.5. The molecular formula is C23H34N2O. The molecule has 1 N–H and O–H groups in total. The molecule has 1 aromatic heterocycles. The van der Waals surface area contributed by atoms with E-state index < -0.39 is 0 Å². The molecule has 1 saturated carbocycles. The third-order valence-electron chi connectivity index (χ3n) is 5.85. The van der Waals surface area contributed by atoms with Crippen LogP contribution in [0.4, 0.5) is 0 Å². The number of unbranched alkanes of at least 4 members (excludes halogenated alkanes) is 1. The van der Waals surface area contributed by atoms with Crippen molar-refractivity contribution in [3.05, 3.63) is 35.0 Å². The number of aryl methyl sites for hydroxylation is 3. The smallest absolute Gasteiger partial charge is 0.222 e. The van der Waals surface area contributed by atoms with Crippen LogP contribution in [-0.2, 0) is 24.2 Å². The fourth-order valence-corrected chi connectivity index (χ4v) is 4.45. The van der Waals surface area contributed by atoms with Crippen molar-refractivity contribution < 1.29 is 4.79 Å². The van der Waals surface area contributed by atoms with Crippen LogP contribution in [-0.4, -0.2) is 16.5 Å². The highest BCUT2D eigenvalue weighted by Crippen LogP contribution is 2.29. The Labute approximate surface area is 158 Å². The van der Waals surface area contributed by atoms with E-state index in [1.165, 1.54) is 53.4 Å². The van der Waals surface area contributed by atoms with E-state index in [1.54, 1.807) is 0 Å². The number of fused-ring (bicyclic) bond motifs is 1. The Balaban J connectivity index is 1.83. The first-order chi connectivity index (χ1) is 12.6. The van der Waals surface area contributed by atoms with Gasteiger partial charge in [0, 0.05) is 35.6 Å². The van der Waals surface area contributed by atoms with Crippen molar-refractivity contribution in [1.82, 2.24) is 9.88 Å². The minimum atomic E-state index is 0.213. The molecule has 3 nitrogen and oxygen atoms in total. The molecule has 1 aliphatic rings. The Morgan fingerprint density at radius 1 is 1.23 bits per heavy atom. The number of rotatable bonds is 8. The fraction of sp³-hybridized carbons (Fsp3) is 0.609. The number of carbonyl (C=O) groups excluding carboxylic acids is 1. The van der Waals surface area contributed by atoms with Crippen molar-refractivity contribution in [2.75, 3.05) is 0 Å². The molecule has 3 rings (SSSR count). The maximum Gasteiger partial charge on any atom is 0.222 e. The lowest BCUT2D eigenvalue weighted by molar-refractivity contribution is -0.121. The molecular weight excluding hydrogens is 320 g/mol. The molecule has 1 aliphatic carbocycles. The Kier molecular flexibility index (Phi) is 6.39. The van der Waals surface area contributed by atoms with Crippen LogP contribution in [0.1, 0.15) is 75.6 Å². The lowest BCUT2D eigenvalue weighted by Gasteiger charge is -2.14. The van der Waals surface area contributed by atoms with Gasteiger partial charge in [0.25, 0.3) is 0 Å². The van der Waals surface area contributed by atoms with E-state index in [9.17, 15) is 4.79 Å². The van der Waals surface area contributed by atoms with Crippen molar-refractivity contribution in [2.45, 2.75) is 91.1 Å². The lowest BCUT2D eigenvalue weighted by atomic mass is 10.0. The van der Waals surface area contributed by atoms with E-state index in [1.807, 2.05) is 0 Å². The fourth-order valence-electron chi connectivity index (χ4n) is 4.45. The van der Waals surface area contributed by atoms with Crippen LogP contribution in [0.5, 0.6) is 0 Å². The van der Waals surface area contributed by atoms with Gasteiger partial charge >= 0.3 is 0 Å². The van der Waals surface area contributed by atoms with Crippen molar-refractivity contribution in [3.8, 4) is 0 Å². The number of hydrogen-bond donors (Lipinski definition) is 1. The van der Waals surface area contributed by atoms with Gasteiger partial charge in [-0.15, -0.1) is 0 Å². The molecule has 3 heteroatoms. The number of carbonyl (C=O) groups is 1. The van der Waals surface area contributed by atoms with Gasteiger partial charge in [0.15, 0.2) is 0 Å². The van der Waals surface area contributed by atoms with Gasteiger partial charge in [-0.05, 0) is 56.7 Å². The third kappa shape index (κ3) is 4.13. The second kappa shape index (κ2) is 8.75. The van der Waals surface area contributed by atoms with Crippen LogP contribution >= 0.6 is 0 Å². The van der Waals surface area contributed by atoms with E-state index in [-0.39, 0.29) is 5.91 Å². The molecule has 0 aliphatic heterocycles. The Morgan fingerprint density at radius 3 is 2.69 bits per heavy atom. The molecule has 0 unspecified atom stereocenters. The number of benzene rings is 1. The average Bonchev–Trinajstić information content (AvgIpc) is 3.23. The van der Waals surface area contributed by atoms with Gasteiger partial charge < -0.3 is 9.88 Å². The zero-order chi connectivity index (χ0) is 18.5. The topological polar surface area (TPSA) is 34.0 Å². The molecule has 26 heavy (non-hydrogen) atoms. The molecule has 0 bridgehead atoms. The van der Waals surface area contributed by atoms with Crippen LogP contribution in [0.2, 0.25) is 0 Å². The van der Waals surface area contributed by atoms with Gasteiger partial charge in [-0.3, -0.25) is 4.79 Å². The molecule has 0 radical (unpaired) electrons. The molecule has 0 atom stereocenters. The molecule has 1 fully saturated rings.